The van der Waals surface area contributed by atoms with Gasteiger partial charge in [0.15, 0.2) is 9.84 Å². The molecule has 0 radical (unpaired) electrons. The maximum atomic E-state index is 12.9. The molecule has 1 saturated carbocycles. The van der Waals surface area contributed by atoms with E-state index in [0.717, 1.165) is 11.4 Å². The van der Waals surface area contributed by atoms with E-state index in [1.807, 2.05) is 18.2 Å². The Morgan fingerprint density at radius 1 is 1.03 bits per heavy atom. The third kappa shape index (κ3) is 4.70. The Labute approximate surface area is 214 Å². The number of amides is 1. The summed E-state index contributed by atoms with van der Waals surface area (Å²) in [7, 11) is -3.57. The molecule has 4 heterocycles. The smallest absolute Gasteiger partial charge is 0.251 e. The minimum absolute atomic E-state index is 0.124. The van der Waals surface area contributed by atoms with Gasteiger partial charge >= 0.3 is 0 Å². The third-order valence-electron chi connectivity index (χ3n) is 6.72. The first kappa shape index (κ1) is 23.6. The molecule has 9 nitrogen and oxygen atoms in total. The second kappa shape index (κ2) is 9.28. The molecule has 2 aliphatic rings. The van der Waals surface area contributed by atoms with Gasteiger partial charge in [-0.25, -0.2) is 13.4 Å². The van der Waals surface area contributed by atoms with Crippen LogP contribution in [0, 0.1) is 0 Å². The molecule has 1 N–H and O–H groups in total. The van der Waals surface area contributed by atoms with Gasteiger partial charge in [-0.3, -0.25) is 19.7 Å². The Bertz CT molecular complexity index is 1640. The molecule has 6 rings (SSSR count). The second-order valence-corrected chi connectivity index (χ2v) is 11.9. The SMILES string of the molecule is C[C@H]1COCc2ccc(C(=O)NCc3cc4nc(-c5cccc(C6CC6)n5)cnc4cn3)cc2S1(=O)=O. The molecule has 37 heavy (non-hydrogen) atoms. The Balaban J connectivity index is 1.21. The van der Waals surface area contributed by atoms with Gasteiger partial charge in [0.05, 0.1) is 59.2 Å². The van der Waals surface area contributed by atoms with Gasteiger partial charge in [0.1, 0.15) is 11.2 Å². The van der Waals surface area contributed by atoms with Crippen molar-refractivity contribution in [3.05, 3.63) is 77.4 Å². The van der Waals surface area contributed by atoms with Crippen LogP contribution < -0.4 is 5.32 Å². The van der Waals surface area contributed by atoms with Gasteiger partial charge in [0.2, 0.25) is 0 Å². The van der Waals surface area contributed by atoms with Crippen LogP contribution in [0.5, 0.6) is 0 Å². The topological polar surface area (TPSA) is 124 Å². The number of carbonyl (C=O) groups excluding carboxylic acids is 1. The van der Waals surface area contributed by atoms with E-state index < -0.39 is 21.0 Å². The van der Waals surface area contributed by atoms with E-state index in [0.29, 0.717) is 33.9 Å². The fourth-order valence-corrected chi connectivity index (χ4v) is 5.86. The summed E-state index contributed by atoms with van der Waals surface area (Å²) in [5, 5.41) is 2.15. The van der Waals surface area contributed by atoms with Crippen LogP contribution in [0.2, 0.25) is 0 Å². The fraction of sp³-hybridized carbons (Fsp3) is 0.296. The van der Waals surface area contributed by atoms with E-state index >= 15 is 0 Å². The van der Waals surface area contributed by atoms with Crippen LogP contribution in [0.25, 0.3) is 22.4 Å². The molecule has 0 unspecified atom stereocenters. The highest BCUT2D eigenvalue weighted by Crippen LogP contribution is 2.39. The summed E-state index contributed by atoms with van der Waals surface area (Å²) in [5.74, 6) is 0.155. The highest BCUT2D eigenvalue weighted by atomic mass is 32.2. The number of hydrogen-bond acceptors (Lipinski definition) is 8. The van der Waals surface area contributed by atoms with Gasteiger partial charge in [-0.05, 0) is 55.7 Å². The number of nitrogens with zero attached hydrogens (tertiary/aromatic N) is 4. The lowest BCUT2D eigenvalue weighted by Gasteiger charge is -2.12. The summed E-state index contributed by atoms with van der Waals surface area (Å²) in [6.45, 7) is 2.08. The van der Waals surface area contributed by atoms with Gasteiger partial charge < -0.3 is 10.1 Å². The summed E-state index contributed by atoms with van der Waals surface area (Å²) in [5.41, 5.74) is 5.28. The van der Waals surface area contributed by atoms with E-state index in [1.165, 1.54) is 18.9 Å². The molecule has 1 aromatic carbocycles. The zero-order valence-corrected chi connectivity index (χ0v) is 21.0. The predicted molar refractivity (Wildman–Crippen MR) is 136 cm³/mol. The maximum Gasteiger partial charge on any atom is 0.251 e. The Morgan fingerprint density at radius 2 is 1.89 bits per heavy atom. The molecule has 188 valence electrons. The molecule has 1 amide bonds. The summed E-state index contributed by atoms with van der Waals surface area (Å²) >= 11 is 0. The standard InChI is InChI=1S/C27H25N5O4S/c1-16-14-36-15-19-8-7-18(9-26(19)37(16,34)35)27(33)30-11-20-10-23-24(12-28-20)29-13-25(32-23)22-4-2-3-21(31-22)17-5-6-17/h2-4,7-10,12-13,16-17H,5-6,11,14-15H2,1H3,(H,30,33)/t16-/m0/s1. The molecule has 4 aromatic rings. The zero-order valence-electron chi connectivity index (χ0n) is 20.2. The molecule has 3 aromatic heterocycles. The van der Waals surface area contributed by atoms with Crippen molar-refractivity contribution in [1.82, 2.24) is 25.3 Å². The van der Waals surface area contributed by atoms with Crippen molar-refractivity contribution in [2.45, 2.75) is 49.0 Å². The average molecular weight is 516 g/mol. The summed E-state index contributed by atoms with van der Waals surface area (Å²) in [4.78, 5) is 31.4. The predicted octanol–water partition coefficient (Wildman–Crippen LogP) is 3.59. The molecular formula is C27H25N5O4S. The Morgan fingerprint density at radius 3 is 2.73 bits per heavy atom. The molecule has 10 heteroatoms. The Hall–Kier alpha value is -3.76. The lowest BCUT2D eigenvalue weighted by atomic mass is 10.1. The van der Waals surface area contributed by atoms with E-state index in [2.05, 4.69) is 15.3 Å². The van der Waals surface area contributed by atoms with Crippen molar-refractivity contribution >= 4 is 26.8 Å². The van der Waals surface area contributed by atoms with Crippen LogP contribution in [-0.4, -0.2) is 46.1 Å². The first-order chi connectivity index (χ1) is 17.9. The summed E-state index contributed by atoms with van der Waals surface area (Å²) in [6, 6.07) is 12.4. The third-order valence-corrected chi connectivity index (χ3v) is 8.91. The minimum atomic E-state index is -3.57. The van der Waals surface area contributed by atoms with Crippen LogP contribution in [0.4, 0.5) is 0 Å². The van der Waals surface area contributed by atoms with Crippen molar-refractivity contribution in [2.75, 3.05) is 6.61 Å². The number of rotatable bonds is 5. The van der Waals surface area contributed by atoms with Crippen molar-refractivity contribution in [3.8, 4) is 11.4 Å². The lowest BCUT2D eigenvalue weighted by molar-refractivity contribution is 0.0950. The van der Waals surface area contributed by atoms with E-state index in [4.69, 9.17) is 14.7 Å². The maximum absolute atomic E-state index is 12.9. The number of fused-ring (bicyclic) bond motifs is 2. The Kier molecular flexibility index (Phi) is 5.92. The first-order valence-corrected chi connectivity index (χ1v) is 13.7. The second-order valence-electron chi connectivity index (χ2n) is 9.52. The number of sulfone groups is 1. The normalized spacial score (nSPS) is 18.7. The van der Waals surface area contributed by atoms with Crippen LogP contribution in [0.15, 0.2) is 59.8 Å². The molecule has 1 atom stereocenters. The number of benzene rings is 1. The van der Waals surface area contributed by atoms with Crippen LogP contribution in [0.1, 0.15) is 53.0 Å². The van der Waals surface area contributed by atoms with Crippen LogP contribution in [0.3, 0.4) is 0 Å². The van der Waals surface area contributed by atoms with E-state index in [9.17, 15) is 13.2 Å². The van der Waals surface area contributed by atoms with Gasteiger partial charge in [-0.2, -0.15) is 0 Å². The average Bonchev–Trinajstić information content (AvgIpc) is 3.77. The van der Waals surface area contributed by atoms with Gasteiger partial charge in [0, 0.05) is 17.2 Å². The van der Waals surface area contributed by atoms with Gasteiger partial charge in [-0.1, -0.05) is 12.1 Å². The van der Waals surface area contributed by atoms with E-state index in [-0.39, 0.29) is 30.2 Å². The first-order valence-electron chi connectivity index (χ1n) is 12.2. The number of aromatic nitrogens is 4. The van der Waals surface area contributed by atoms with Crippen molar-refractivity contribution < 1.29 is 17.9 Å². The minimum Gasteiger partial charge on any atom is -0.375 e. The number of pyridine rings is 2. The molecule has 0 spiro atoms. The number of ether oxygens (including phenoxy) is 1. The highest BCUT2D eigenvalue weighted by Gasteiger charge is 2.30. The lowest BCUT2D eigenvalue weighted by Crippen LogP contribution is -2.25. The number of hydrogen-bond donors (Lipinski definition) is 1. The molecule has 1 fully saturated rings. The number of carbonyl (C=O) groups is 1. The largest absolute Gasteiger partial charge is 0.375 e. The molecule has 0 saturated heterocycles. The molecule has 0 bridgehead atoms. The van der Waals surface area contributed by atoms with Crippen molar-refractivity contribution in [1.29, 1.82) is 0 Å². The highest BCUT2D eigenvalue weighted by molar-refractivity contribution is 7.92. The van der Waals surface area contributed by atoms with Crippen molar-refractivity contribution in [2.24, 2.45) is 0 Å². The molecule has 1 aliphatic carbocycles. The summed E-state index contributed by atoms with van der Waals surface area (Å²) < 4.78 is 31.2. The monoisotopic (exact) mass is 515 g/mol. The van der Waals surface area contributed by atoms with Crippen molar-refractivity contribution in [3.63, 3.8) is 0 Å². The van der Waals surface area contributed by atoms with Gasteiger partial charge in [-0.15, -0.1) is 0 Å². The van der Waals surface area contributed by atoms with E-state index in [1.54, 1.807) is 37.5 Å². The van der Waals surface area contributed by atoms with Gasteiger partial charge in [0.25, 0.3) is 5.91 Å². The molecular weight excluding hydrogens is 490 g/mol. The summed E-state index contributed by atoms with van der Waals surface area (Å²) in [6.07, 6.45) is 5.67. The van der Waals surface area contributed by atoms with Crippen LogP contribution in [-0.2, 0) is 27.7 Å². The van der Waals surface area contributed by atoms with Crippen LogP contribution >= 0.6 is 0 Å². The zero-order chi connectivity index (χ0) is 25.6. The molecule has 1 aliphatic heterocycles. The number of nitrogens with one attached hydrogen (secondary N) is 1. The fourth-order valence-electron chi connectivity index (χ4n) is 4.37. The quantitative estimate of drug-likeness (QED) is 0.428.